The summed E-state index contributed by atoms with van der Waals surface area (Å²) < 4.78 is 54.6. The molecule has 11 heteroatoms. The summed E-state index contributed by atoms with van der Waals surface area (Å²) in [7, 11) is 0. The van der Waals surface area contributed by atoms with Crippen molar-refractivity contribution in [3.63, 3.8) is 0 Å². The third-order valence-corrected chi connectivity index (χ3v) is 4.69. The highest BCUT2D eigenvalue weighted by Crippen LogP contribution is 2.30. The Morgan fingerprint density at radius 1 is 1.12 bits per heavy atom. The van der Waals surface area contributed by atoms with Gasteiger partial charge in [0.05, 0.1) is 23.5 Å². The molecule has 4 aromatic rings. The van der Waals surface area contributed by atoms with Crippen LogP contribution < -0.4 is 10.6 Å². The molecule has 3 heterocycles. The van der Waals surface area contributed by atoms with E-state index in [2.05, 4.69) is 30.8 Å². The summed E-state index contributed by atoms with van der Waals surface area (Å²) >= 11 is 0. The van der Waals surface area contributed by atoms with Gasteiger partial charge >= 0.3 is 0 Å². The van der Waals surface area contributed by atoms with Crippen LogP contribution in [0.25, 0.3) is 11.0 Å². The second-order valence-electron chi connectivity index (χ2n) is 7.04. The van der Waals surface area contributed by atoms with Crippen LogP contribution in [-0.2, 0) is 12.5 Å². The van der Waals surface area contributed by atoms with Crippen molar-refractivity contribution < 1.29 is 22.4 Å². The number of alkyl halides is 2. The van der Waals surface area contributed by atoms with Crippen molar-refractivity contribution in [2.24, 2.45) is 0 Å². The number of fused-ring (bicyclic) bond motifs is 1. The van der Waals surface area contributed by atoms with Crippen LogP contribution in [0.5, 0.6) is 0 Å². The number of nitrogens with zero attached hydrogens (tertiary/aromatic N) is 3. The van der Waals surface area contributed by atoms with Crippen LogP contribution in [0.15, 0.2) is 48.9 Å². The Bertz CT molecular complexity index is 1300. The predicted octanol–water partition coefficient (Wildman–Crippen LogP) is 4.61. The highest BCUT2D eigenvalue weighted by Gasteiger charge is 2.28. The number of anilines is 2. The number of pyridine rings is 2. The van der Waals surface area contributed by atoms with Crippen molar-refractivity contribution in [2.75, 3.05) is 10.6 Å². The molecule has 0 saturated heterocycles. The van der Waals surface area contributed by atoms with Crippen molar-refractivity contribution in [3.8, 4) is 0 Å². The lowest BCUT2D eigenvalue weighted by molar-refractivity contribution is 0.0138. The minimum absolute atomic E-state index is 0.0649. The number of rotatable bonds is 6. The Morgan fingerprint density at radius 2 is 1.94 bits per heavy atom. The van der Waals surface area contributed by atoms with Crippen molar-refractivity contribution >= 4 is 28.4 Å². The number of hydrogen-bond acceptors (Lipinski definition) is 5. The zero-order valence-electron chi connectivity index (χ0n) is 16.6. The molecule has 3 N–H and O–H groups in total. The molecule has 0 unspecified atom stereocenters. The Labute approximate surface area is 178 Å². The molecule has 0 radical (unpaired) electrons. The zero-order valence-corrected chi connectivity index (χ0v) is 16.6. The van der Waals surface area contributed by atoms with Gasteiger partial charge in [0.15, 0.2) is 5.65 Å². The highest BCUT2D eigenvalue weighted by molar-refractivity contribution is 6.07. The van der Waals surface area contributed by atoms with E-state index in [1.165, 1.54) is 0 Å². The summed E-state index contributed by atoms with van der Waals surface area (Å²) in [4.78, 5) is 20.8. The standard InChI is InChI=1S/C21H16F4N6O/c1-21(24,25)16-3-2-13(7-17(16)23)30-20(32)14-6-12(22)9-28-18(14)27-8-11-4-5-26-19-15(11)10-29-31-19/h2-7,9-10H,8H2,1H3,(H,27,28)(H,30,32)(H,26,29,31). The molecule has 0 spiro atoms. The number of nitrogens with one attached hydrogen (secondary N) is 3. The first-order valence-electron chi connectivity index (χ1n) is 9.38. The Hall–Kier alpha value is -4.02. The van der Waals surface area contributed by atoms with Gasteiger partial charge < -0.3 is 10.6 Å². The molecule has 0 aliphatic rings. The number of amides is 1. The fourth-order valence-corrected chi connectivity index (χ4v) is 3.14. The average molecular weight is 444 g/mol. The molecular formula is C21H16F4N6O. The third kappa shape index (κ3) is 4.36. The number of halogens is 4. The molecular weight excluding hydrogens is 428 g/mol. The molecule has 1 amide bonds. The van der Waals surface area contributed by atoms with E-state index in [-0.39, 0.29) is 23.6 Å². The van der Waals surface area contributed by atoms with Gasteiger partial charge in [-0.2, -0.15) is 5.10 Å². The van der Waals surface area contributed by atoms with E-state index in [1.807, 2.05) is 0 Å². The summed E-state index contributed by atoms with van der Waals surface area (Å²) in [6.07, 6.45) is 4.13. The fourth-order valence-electron chi connectivity index (χ4n) is 3.14. The molecule has 0 atom stereocenters. The third-order valence-electron chi connectivity index (χ3n) is 4.69. The quantitative estimate of drug-likeness (QED) is 0.378. The van der Waals surface area contributed by atoms with E-state index in [1.54, 1.807) is 18.5 Å². The van der Waals surface area contributed by atoms with Crippen LogP contribution in [0, 0.1) is 11.6 Å². The lowest BCUT2D eigenvalue weighted by Crippen LogP contribution is -2.17. The van der Waals surface area contributed by atoms with Gasteiger partial charge in [-0.3, -0.25) is 9.89 Å². The van der Waals surface area contributed by atoms with Gasteiger partial charge in [0, 0.05) is 30.7 Å². The van der Waals surface area contributed by atoms with Crippen LogP contribution in [0.3, 0.4) is 0 Å². The molecule has 7 nitrogen and oxygen atoms in total. The largest absolute Gasteiger partial charge is 0.365 e. The molecule has 1 aromatic carbocycles. The Balaban J connectivity index is 1.56. The summed E-state index contributed by atoms with van der Waals surface area (Å²) in [5.41, 5.74) is 0.378. The van der Waals surface area contributed by atoms with Crippen LogP contribution in [0.4, 0.5) is 29.1 Å². The maximum absolute atomic E-state index is 14.0. The lowest BCUT2D eigenvalue weighted by Gasteiger charge is -2.14. The Morgan fingerprint density at radius 3 is 2.69 bits per heavy atom. The van der Waals surface area contributed by atoms with Crippen LogP contribution >= 0.6 is 0 Å². The molecule has 0 saturated carbocycles. The first kappa shape index (κ1) is 21.2. The van der Waals surface area contributed by atoms with Crippen LogP contribution in [-0.4, -0.2) is 26.1 Å². The van der Waals surface area contributed by atoms with E-state index in [0.717, 1.165) is 41.4 Å². The number of hydrogen-bond donors (Lipinski definition) is 3. The van der Waals surface area contributed by atoms with E-state index in [4.69, 9.17) is 0 Å². The summed E-state index contributed by atoms with van der Waals surface area (Å²) in [5, 5.41) is 12.8. The lowest BCUT2D eigenvalue weighted by atomic mass is 10.1. The minimum Gasteiger partial charge on any atom is -0.365 e. The van der Waals surface area contributed by atoms with E-state index >= 15 is 0 Å². The molecule has 0 fully saturated rings. The van der Waals surface area contributed by atoms with E-state index in [0.29, 0.717) is 12.6 Å². The van der Waals surface area contributed by atoms with Gasteiger partial charge in [0.25, 0.3) is 11.8 Å². The summed E-state index contributed by atoms with van der Waals surface area (Å²) in [6, 6.07) is 5.52. The van der Waals surface area contributed by atoms with Gasteiger partial charge in [-0.15, -0.1) is 0 Å². The van der Waals surface area contributed by atoms with E-state index < -0.39 is 29.0 Å². The molecule has 4 rings (SSSR count). The Kier molecular flexibility index (Phi) is 5.47. The first-order valence-corrected chi connectivity index (χ1v) is 9.38. The van der Waals surface area contributed by atoms with Crippen molar-refractivity contribution in [2.45, 2.75) is 19.4 Å². The number of H-pyrrole nitrogens is 1. The molecule has 0 bridgehead atoms. The summed E-state index contributed by atoms with van der Waals surface area (Å²) in [6.45, 7) is 0.798. The first-order chi connectivity index (χ1) is 15.2. The molecule has 164 valence electrons. The van der Waals surface area contributed by atoms with Crippen molar-refractivity contribution in [1.29, 1.82) is 0 Å². The molecule has 0 aliphatic heterocycles. The van der Waals surface area contributed by atoms with Gasteiger partial charge in [0.1, 0.15) is 17.5 Å². The molecule has 0 aliphatic carbocycles. The highest BCUT2D eigenvalue weighted by atomic mass is 19.3. The molecule has 32 heavy (non-hydrogen) atoms. The minimum atomic E-state index is -3.37. The predicted molar refractivity (Wildman–Crippen MR) is 109 cm³/mol. The smallest absolute Gasteiger partial charge is 0.273 e. The van der Waals surface area contributed by atoms with Crippen molar-refractivity contribution in [3.05, 3.63) is 77.2 Å². The van der Waals surface area contributed by atoms with Gasteiger partial charge in [-0.25, -0.2) is 27.5 Å². The van der Waals surface area contributed by atoms with Crippen LogP contribution in [0.2, 0.25) is 0 Å². The zero-order chi connectivity index (χ0) is 22.9. The van der Waals surface area contributed by atoms with Gasteiger partial charge in [-0.1, -0.05) is 0 Å². The SMILES string of the molecule is CC(F)(F)c1ccc(NC(=O)c2cc(F)cnc2NCc2ccnc3[nH]ncc23)cc1F. The average Bonchev–Trinajstić information content (AvgIpc) is 3.21. The number of benzene rings is 1. The number of carbonyl (C=O) groups is 1. The van der Waals surface area contributed by atoms with E-state index in [9.17, 15) is 22.4 Å². The topological polar surface area (TPSA) is 95.6 Å². The second-order valence-corrected chi connectivity index (χ2v) is 7.04. The van der Waals surface area contributed by atoms with Crippen molar-refractivity contribution in [1.82, 2.24) is 20.2 Å². The second kappa shape index (κ2) is 8.25. The normalized spacial score (nSPS) is 11.5. The van der Waals surface area contributed by atoms with Gasteiger partial charge in [0.2, 0.25) is 0 Å². The number of aromatic amines is 1. The number of aromatic nitrogens is 4. The van der Waals surface area contributed by atoms with Gasteiger partial charge in [-0.05, 0) is 35.9 Å². The van der Waals surface area contributed by atoms with Crippen LogP contribution in [0.1, 0.15) is 28.4 Å². The maximum Gasteiger partial charge on any atom is 0.273 e. The fraction of sp³-hybridized carbons (Fsp3) is 0.143. The monoisotopic (exact) mass is 444 g/mol. The molecule has 3 aromatic heterocycles. The summed E-state index contributed by atoms with van der Waals surface area (Å²) in [5.74, 6) is -6.02. The number of carbonyl (C=O) groups excluding carboxylic acids is 1. The maximum atomic E-state index is 14.0.